The molecule has 8 atom stereocenters. The molecule has 1 amide bonds. The average molecular weight is 659 g/mol. The first kappa shape index (κ1) is 34.8. The van der Waals surface area contributed by atoms with Crippen LogP contribution in [-0.2, 0) is 30.4 Å². The summed E-state index contributed by atoms with van der Waals surface area (Å²) in [6, 6.07) is 2.54. The Morgan fingerprint density at radius 2 is 1.91 bits per heavy atom. The van der Waals surface area contributed by atoms with Gasteiger partial charge in [-0.2, -0.15) is 0 Å². The molecule has 1 aromatic rings. The number of methoxy groups -OCH3 is 1. The van der Waals surface area contributed by atoms with E-state index in [1.807, 2.05) is 13.0 Å². The van der Waals surface area contributed by atoms with Gasteiger partial charge in [0, 0.05) is 11.8 Å². The Morgan fingerprint density at radius 1 is 1.17 bits per heavy atom. The van der Waals surface area contributed by atoms with Crippen LogP contribution in [0.5, 0.6) is 5.75 Å². The largest absolute Gasteiger partial charge is 0.871 e. The van der Waals surface area contributed by atoms with Crippen molar-refractivity contribution in [3.8, 4) is 5.75 Å². The number of fused-ring (bicyclic) bond motifs is 5. The summed E-state index contributed by atoms with van der Waals surface area (Å²) < 4.78 is 4.79. The first-order chi connectivity index (χ1) is 22.2. The number of ketones is 1. The van der Waals surface area contributed by atoms with Gasteiger partial charge in [0.2, 0.25) is 0 Å². The minimum absolute atomic E-state index is 0.0488. The summed E-state index contributed by atoms with van der Waals surface area (Å²) in [5.41, 5.74) is -1.03. The summed E-state index contributed by atoms with van der Waals surface area (Å²) in [7, 11) is 1.16. The number of anilines is 1. The van der Waals surface area contributed by atoms with Crippen LogP contribution < -0.4 is 15.6 Å². The highest BCUT2D eigenvalue weighted by molar-refractivity contribution is 5.96. The molecule has 4 aliphatic carbocycles. The molecule has 0 saturated heterocycles. The number of nitrogens with one attached hydrogen (secondary N) is 1. The van der Waals surface area contributed by atoms with E-state index >= 15 is 0 Å². The number of hydrogen-bond donors (Lipinski definition) is 6. The molecule has 6 N–H and O–H groups in total. The summed E-state index contributed by atoms with van der Waals surface area (Å²) >= 11 is 0. The van der Waals surface area contributed by atoms with Crippen molar-refractivity contribution in [2.75, 3.05) is 25.6 Å². The molecule has 1 aromatic carbocycles. The molecule has 47 heavy (non-hydrogen) atoms. The molecular weight excluding hydrogens is 614 g/mol. The number of benzene rings is 1. The maximum absolute atomic E-state index is 12.7. The lowest BCUT2D eigenvalue weighted by Crippen LogP contribution is -2.62. The van der Waals surface area contributed by atoms with E-state index in [1.165, 1.54) is 12.1 Å². The molecule has 3 saturated carbocycles. The summed E-state index contributed by atoms with van der Waals surface area (Å²) in [5, 5.41) is 69.3. The second-order valence-electron chi connectivity index (χ2n) is 13.9. The van der Waals surface area contributed by atoms with Crippen molar-refractivity contribution in [2.24, 2.45) is 33.7 Å². The molecule has 0 bridgehead atoms. The monoisotopic (exact) mass is 658 g/mol. The standard InChI is InChI=1S/C33H45N3O11/c1-31-10-8-20(35-47-17-28(41)34-23(30(42)46-3)12-18-4-7-25(38)24(13-18)36(44)45)14-19(31)5-6-21-22-9-11-33(43,27(40)16-37)32(22,2)15-26(39)29(21)31/h4,7,13-14,21-23,26,29,37-39,43-45H,5-6,8-12,15-17H2,1-3H3,(H,34,41)/p-1/b35-20-/t21?,22?,23?,26?,29?,31-,32-,33-/m0/s1. The number of aliphatic hydroxyl groups is 3. The number of carbonyl (C=O) groups is 3. The quantitative estimate of drug-likeness (QED) is 0.154. The number of aliphatic hydroxyl groups excluding tert-OH is 2. The Labute approximate surface area is 272 Å². The number of amides is 1. The van der Waals surface area contributed by atoms with Gasteiger partial charge in [-0.3, -0.25) is 20.0 Å². The molecule has 14 nitrogen and oxygen atoms in total. The second-order valence-corrected chi connectivity index (χ2v) is 13.9. The van der Waals surface area contributed by atoms with Gasteiger partial charge < -0.3 is 35.3 Å². The molecule has 5 unspecified atom stereocenters. The summed E-state index contributed by atoms with van der Waals surface area (Å²) in [5.74, 6) is -2.51. The van der Waals surface area contributed by atoms with Crippen molar-refractivity contribution in [1.29, 1.82) is 0 Å². The lowest BCUT2D eigenvalue weighted by Gasteiger charge is -2.60. The molecule has 0 aromatic heterocycles. The number of ether oxygens (including phenoxy) is 1. The number of oxime groups is 1. The Kier molecular flexibility index (Phi) is 9.73. The Bertz CT molecular complexity index is 1460. The number of nitrogens with zero attached hydrogens (tertiary/aromatic N) is 2. The van der Waals surface area contributed by atoms with Gasteiger partial charge in [-0.15, -0.1) is 5.23 Å². The predicted octanol–water partition coefficient (Wildman–Crippen LogP) is 1.14. The zero-order valence-corrected chi connectivity index (χ0v) is 26.8. The summed E-state index contributed by atoms with van der Waals surface area (Å²) in [4.78, 5) is 43.1. The van der Waals surface area contributed by atoms with Gasteiger partial charge in [-0.25, -0.2) is 4.79 Å². The number of allylic oxidation sites excluding steroid dienone is 2. The van der Waals surface area contributed by atoms with Crippen molar-refractivity contribution in [1.82, 2.24) is 5.32 Å². The fraction of sp³-hybridized carbons (Fsp3) is 0.636. The average Bonchev–Trinajstić information content (AvgIpc) is 3.30. The van der Waals surface area contributed by atoms with E-state index in [1.54, 1.807) is 0 Å². The molecule has 0 spiro atoms. The third kappa shape index (κ3) is 6.13. The third-order valence-corrected chi connectivity index (χ3v) is 11.5. The highest BCUT2D eigenvalue weighted by Crippen LogP contribution is 2.67. The molecular formula is C33H44N3O11-. The van der Waals surface area contributed by atoms with E-state index in [4.69, 9.17) is 9.57 Å². The van der Waals surface area contributed by atoms with Crippen molar-refractivity contribution in [3.05, 3.63) is 35.4 Å². The first-order valence-corrected chi connectivity index (χ1v) is 16.0. The molecule has 4 aliphatic rings. The van der Waals surface area contributed by atoms with Crippen LogP contribution in [0.25, 0.3) is 0 Å². The minimum atomic E-state index is -1.64. The van der Waals surface area contributed by atoms with Gasteiger partial charge in [-0.1, -0.05) is 42.5 Å². The molecule has 0 radical (unpaired) electrons. The number of carbonyl (C=O) groups excluding carboxylic acids is 3. The molecule has 14 heteroatoms. The molecule has 258 valence electrons. The third-order valence-electron chi connectivity index (χ3n) is 11.5. The zero-order chi connectivity index (χ0) is 34.3. The first-order valence-electron chi connectivity index (χ1n) is 16.0. The maximum atomic E-state index is 12.7. The Morgan fingerprint density at radius 3 is 2.60 bits per heavy atom. The van der Waals surface area contributed by atoms with Crippen LogP contribution in [0, 0.1) is 28.6 Å². The lowest BCUT2D eigenvalue weighted by atomic mass is 9.45. The summed E-state index contributed by atoms with van der Waals surface area (Å²) in [6.07, 6.45) is 5.15. The highest BCUT2D eigenvalue weighted by Gasteiger charge is 2.68. The minimum Gasteiger partial charge on any atom is -0.871 e. The van der Waals surface area contributed by atoms with Gasteiger partial charge in [0.05, 0.1) is 24.6 Å². The van der Waals surface area contributed by atoms with E-state index in [0.29, 0.717) is 30.5 Å². The normalized spacial score (nSPS) is 34.3. The Hall–Kier alpha value is -3.56. The smallest absolute Gasteiger partial charge is 0.328 e. The maximum Gasteiger partial charge on any atom is 0.328 e. The molecule has 0 aliphatic heterocycles. The van der Waals surface area contributed by atoms with Crippen molar-refractivity contribution >= 4 is 29.1 Å². The number of esters is 1. The second kappa shape index (κ2) is 13.2. The Balaban J connectivity index is 1.23. The fourth-order valence-electron chi connectivity index (χ4n) is 9.19. The topological polar surface area (TPSA) is 222 Å². The van der Waals surface area contributed by atoms with E-state index in [2.05, 4.69) is 17.4 Å². The van der Waals surface area contributed by atoms with Crippen LogP contribution >= 0.6 is 0 Å². The highest BCUT2D eigenvalue weighted by atomic mass is 16.8. The fourth-order valence-corrected chi connectivity index (χ4v) is 9.19. The number of hydrogen-bond acceptors (Lipinski definition) is 13. The van der Waals surface area contributed by atoms with Crippen molar-refractivity contribution in [3.63, 3.8) is 0 Å². The van der Waals surface area contributed by atoms with Crippen molar-refractivity contribution < 1.29 is 54.8 Å². The van der Waals surface area contributed by atoms with Crippen LogP contribution in [-0.4, -0.2) is 87.2 Å². The van der Waals surface area contributed by atoms with Crippen LogP contribution in [0.1, 0.15) is 64.4 Å². The van der Waals surface area contributed by atoms with Gasteiger partial charge in [-0.05, 0) is 85.8 Å². The van der Waals surface area contributed by atoms with Gasteiger partial charge >= 0.3 is 5.97 Å². The summed E-state index contributed by atoms with van der Waals surface area (Å²) in [6.45, 7) is 2.84. The van der Waals surface area contributed by atoms with Gasteiger partial charge in [0.25, 0.3) is 5.91 Å². The van der Waals surface area contributed by atoms with E-state index in [0.717, 1.165) is 31.6 Å². The van der Waals surface area contributed by atoms with Gasteiger partial charge in [0.1, 0.15) is 18.2 Å². The SMILES string of the molecule is COC(=O)C(Cc1ccc([O-])c(N(O)O)c1)NC(=O)CO/N=C1\C=C2CCC3C(C(O)C[C@@]4(C)C3CC[C@]4(O)C(=O)CO)[C@@]2(C)CC1. The number of rotatable bonds is 10. The van der Waals surface area contributed by atoms with Crippen LogP contribution in [0.2, 0.25) is 0 Å². The van der Waals surface area contributed by atoms with Crippen LogP contribution in [0.15, 0.2) is 35.0 Å². The van der Waals surface area contributed by atoms with E-state index < -0.39 is 65.5 Å². The molecule has 3 fully saturated rings. The number of Topliss-reactive ketones (excluding diaryl/α,β-unsaturated/α-hetero) is 1. The lowest BCUT2D eigenvalue weighted by molar-refractivity contribution is -0.268. The van der Waals surface area contributed by atoms with E-state index in [-0.39, 0.29) is 47.7 Å². The van der Waals surface area contributed by atoms with E-state index in [9.17, 15) is 45.2 Å². The van der Waals surface area contributed by atoms with Crippen LogP contribution in [0.3, 0.4) is 0 Å². The van der Waals surface area contributed by atoms with Crippen LogP contribution in [0.4, 0.5) is 5.69 Å². The zero-order valence-electron chi connectivity index (χ0n) is 26.8. The molecule has 0 heterocycles. The molecule has 5 rings (SSSR count). The van der Waals surface area contributed by atoms with Gasteiger partial charge in [0.15, 0.2) is 12.4 Å². The predicted molar refractivity (Wildman–Crippen MR) is 163 cm³/mol. The van der Waals surface area contributed by atoms with Crippen molar-refractivity contribution in [2.45, 2.75) is 83.0 Å².